The number of aliphatic imine (C=N–C) groups is 1. The van der Waals surface area contributed by atoms with Gasteiger partial charge in [-0.05, 0) is 42.7 Å². The first-order valence-electron chi connectivity index (χ1n) is 10.4. The largest absolute Gasteiger partial charge is 0.369 e. The number of rotatable bonds is 9. The SMILES string of the molecule is CC(C)CCNC(=O)NCc1ccc(CN2C(=O)C(C)(CC(C)C)N=C2N)cc1. The number of amides is 3. The molecule has 7 nitrogen and oxygen atoms in total. The van der Waals surface area contributed by atoms with Gasteiger partial charge in [0.25, 0.3) is 5.91 Å². The van der Waals surface area contributed by atoms with Gasteiger partial charge in [-0.15, -0.1) is 0 Å². The summed E-state index contributed by atoms with van der Waals surface area (Å²) in [7, 11) is 0. The minimum absolute atomic E-state index is 0.0486. The minimum atomic E-state index is -0.773. The smallest absolute Gasteiger partial charge is 0.315 e. The van der Waals surface area contributed by atoms with Crippen LogP contribution in [0.5, 0.6) is 0 Å². The van der Waals surface area contributed by atoms with Crippen molar-refractivity contribution < 1.29 is 9.59 Å². The Hall–Kier alpha value is -2.57. The molecule has 1 unspecified atom stereocenters. The van der Waals surface area contributed by atoms with Gasteiger partial charge in [0.1, 0.15) is 5.54 Å². The lowest BCUT2D eigenvalue weighted by Gasteiger charge is -2.23. The van der Waals surface area contributed by atoms with Gasteiger partial charge in [-0.1, -0.05) is 52.0 Å². The lowest BCUT2D eigenvalue weighted by molar-refractivity contribution is -0.131. The maximum Gasteiger partial charge on any atom is 0.315 e. The number of hydrogen-bond acceptors (Lipinski definition) is 4. The van der Waals surface area contributed by atoms with Crippen molar-refractivity contribution in [2.75, 3.05) is 6.54 Å². The van der Waals surface area contributed by atoms with Gasteiger partial charge in [-0.25, -0.2) is 9.79 Å². The highest BCUT2D eigenvalue weighted by atomic mass is 16.2. The average Bonchev–Trinajstić information content (AvgIpc) is 2.83. The van der Waals surface area contributed by atoms with Gasteiger partial charge in [0.05, 0.1) is 6.54 Å². The van der Waals surface area contributed by atoms with E-state index in [0.29, 0.717) is 37.9 Å². The van der Waals surface area contributed by atoms with E-state index in [2.05, 4.69) is 43.3 Å². The Morgan fingerprint density at radius 2 is 1.72 bits per heavy atom. The average molecular weight is 402 g/mol. The second-order valence-corrected chi connectivity index (χ2v) is 8.84. The van der Waals surface area contributed by atoms with Crippen LogP contribution in [0, 0.1) is 11.8 Å². The number of nitrogens with two attached hydrogens (primary N) is 1. The van der Waals surface area contributed by atoms with Crippen LogP contribution in [0.2, 0.25) is 0 Å². The summed E-state index contributed by atoms with van der Waals surface area (Å²) in [6.45, 7) is 11.8. The first kappa shape index (κ1) is 22.7. The molecule has 1 atom stereocenters. The third-order valence-electron chi connectivity index (χ3n) is 4.97. The van der Waals surface area contributed by atoms with Gasteiger partial charge >= 0.3 is 6.03 Å². The lowest BCUT2D eigenvalue weighted by atomic mass is 9.91. The van der Waals surface area contributed by atoms with Crippen molar-refractivity contribution in [2.24, 2.45) is 22.6 Å². The standard InChI is InChI=1S/C22H35N5O2/c1-15(2)10-11-24-21(29)25-13-17-6-8-18(9-7-17)14-27-19(28)22(5,12-16(3)4)26-20(27)23/h6-9,15-16H,10-14H2,1-5H3,(H2,23,26)(H2,24,25,29). The molecule has 2 rings (SSSR count). The van der Waals surface area contributed by atoms with Crippen molar-refractivity contribution in [3.63, 3.8) is 0 Å². The minimum Gasteiger partial charge on any atom is -0.369 e. The van der Waals surface area contributed by atoms with Crippen molar-refractivity contribution in [3.8, 4) is 0 Å². The number of hydrogen-bond donors (Lipinski definition) is 3. The maximum atomic E-state index is 12.8. The van der Waals surface area contributed by atoms with Gasteiger partial charge in [0, 0.05) is 13.1 Å². The van der Waals surface area contributed by atoms with Crippen LogP contribution in [0.15, 0.2) is 29.3 Å². The number of nitrogens with one attached hydrogen (secondary N) is 2. The topological polar surface area (TPSA) is 99.8 Å². The Labute approximate surface area is 174 Å². The van der Waals surface area contributed by atoms with Crippen molar-refractivity contribution in [2.45, 2.75) is 66.1 Å². The van der Waals surface area contributed by atoms with Crippen LogP contribution < -0.4 is 16.4 Å². The zero-order chi connectivity index (χ0) is 21.6. The Bertz CT molecular complexity index is 742. The molecule has 0 aromatic heterocycles. The molecule has 0 saturated heterocycles. The summed E-state index contributed by atoms with van der Waals surface area (Å²) in [5.41, 5.74) is 7.23. The molecule has 29 heavy (non-hydrogen) atoms. The van der Waals surface area contributed by atoms with Gasteiger partial charge < -0.3 is 16.4 Å². The predicted octanol–water partition coefficient (Wildman–Crippen LogP) is 2.99. The van der Waals surface area contributed by atoms with E-state index in [1.54, 1.807) is 4.90 Å². The number of carbonyl (C=O) groups is 2. The van der Waals surface area contributed by atoms with Crippen LogP contribution >= 0.6 is 0 Å². The normalized spacial score (nSPS) is 19.1. The fourth-order valence-electron chi connectivity index (χ4n) is 3.50. The third-order valence-corrected chi connectivity index (χ3v) is 4.97. The van der Waals surface area contributed by atoms with Crippen molar-refractivity contribution in [1.29, 1.82) is 0 Å². The molecule has 1 aromatic rings. The molecular formula is C22H35N5O2. The molecule has 0 saturated carbocycles. The van der Waals surface area contributed by atoms with Crippen LogP contribution in [0.4, 0.5) is 4.79 Å². The van der Waals surface area contributed by atoms with Crippen molar-refractivity contribution >= 4 is 17.9 Å². The third kappa shape index (κ3) is 6.48. The summed E-state index contributed by atoms with van der Waals surface area (Å²) in [4.78, 5) is 30.6. The van der Waals surface area contributed by atoms with E-state index in [1.165, 1.54) is 0 Å². The molecule has 160 valence electrons. The maximum absolute atomic E-state index is 12.8. The summed E-state index contributed by atoms with van der Waals surface area (Å²) in [6, 6.07) is 7.64. The van der Waals surface area contributed by atoms with Crippen LogP contribution in [0.1, 0.15) is 58.6 Å². The molecule has 0 bridgehead atoms. The molecule has 0 fully saturated rings. The molecular weight excluding hydrogens is 366 g/mol. The Kier molecular flexibility index (Phi) is 7.65. The Morgan fingerprint density at radius 1 is 1.10 bits per heavy atom. The van der Waals surface area contributed by atoms with Crippen LogP contribution in [0.3, 0.4) is 0 Å². The van der Waals surface area contributed by atoms with Gasteiger partial charge in [-0.3, -0.25) is 9.69 Å². The predicted molar refractivity (Wildman–Crippen MR) is 116 cm³/mol. The molecule has 0 aliphatic carbocycles. The molecule has 4 N–H and O–H groups in total. The summed E-state index contributed by atoms with van der Waals surface area (Å²) >= 11 is 0. The number of nitrogens with zero attached hydrogens (tertiary/aromatic N) is 2. The molecule has 1 heterocycles. The fraction of sp³-hybridized carbons (Fsp3) is 0.591. The summed E-state index contributed by atoms with van der Waals surface area (Å²) in [5.74, 6) is 1.15. The number of benzene rings is 1. The quantitative estimate of drug-likeness (QED) is 0.593. The second kappa shape index (κ2) is 9.76. The van der Waals surface area contributed by atoms with E-state index in [1.807, 2.05) is 31.2 Å². The molecule has 3 amide bonds. The Balaban J connectivity index is 1.87. The number of carbonyl (C=O) groups excluding carboxylic acids is 2. The van der Waals surface area contributed by atoms with Crippen molar-refractivity contribution in [1.82, 2.24) is 15.5 Å². The molecule has 1 aliphatic heterocycles. The van der Waals surface area contributed by atoms with E-state index in [0.717, 1.165) is 17.5 Å². The van der Waals surface area contributed by atoms with Crippen LogP contribution in [-0.2, 0) is 17.9 Å². The number of guanidine groups is 1. The second-order valence-electron chi connectivity index (χ2n) is 8.84. The highest BCUT2D eigenvalue weighted by molar-refractivity contribution is 6.06. The fourth-order valence-corrected chi connectivity index (χ4v) is 3.50. The monoisotopic (exact) mass is 401 g/mol. The molecule has 0 radical (unpaired) electrons. The highest BCUT2D eigenvalue weighted by Crippen LogP contribution is 2.29. The van der Waals surface area contributed by atoms with Crippen LogP contribution in [-0.4, -0.2) is 34.9 Å². The zero-order valence-electron chi connectivity index (χ0n) is 18.3. The molecule has 1 aromatic carbocycles. The van der Waals surface area contributed by atoms with Crippen LogP contribution in [0.25, 0.3) is 0 Å². The summed E-state index contributed by atoms with van der Waals surface area (Å²) in [5, 5.41) is 5.71. The zero-order valence-corrected chi connectivity index (χ0v) is 18.3. The van der Waals surface area contributed by atoms with E-state index < -0.39 is 5.54 Å². The summed E-state index contributed by atoms with van der Waals surface area (Å²) < 4.78 is 0. The lowest BCUT2D eigenvalue weighted by Crippen LogP contribution is -2.43. The molecule has 1 aliphatic rings. The Morgan fingerprint density at radius 3 is 2.31 bits per heavy atom. The first-order chi connectivity index (χ1) is 13.6. The highest BCUT2D eigenvalue weighted by Gasteiger charge is 2.43. The van der Waals surface area contributed by atoms with E-state index in [4.69, 9.17) is 5.73 Å². The molecule has 7 heteroatoms. The van der Waals surface area contributed by atoms with E-state index >= 15 is 0 Å². The van der Waals surface area contributed by atoms with Gasteiger partial charge in [0.15, 0.2) is 5.96 Å². The van der Waals surface area contributed by atoms with Gasteiger partial charge in [0.2, 0.25) is 0 Å². The van der Waals surface area contributed by atoms with Gasteiger partial charge in [-0.2, -0.15) is 0 Å². The molecule has 0 spiro atoms. The van der Waals surface area contributed by atoms with E-state index in [9.17, 15) is 9.59 Å². The number of urea groups is 1. The van der Waals surface area contributed by atoms with Crippen molar-refractivity contribution in [3.05, 3.63) is 35.4 Å². The van der Waals surface area contributed by atoms with E-state index in [-0.39, 0.29) is 17.9 Å². The summed E-state index contributed by atoms with van der Waals surface area (Å²) in [6.07, 6.45) is 1.63. The first-order valence-corrected chi connectivity index (χ1v) is 10.4.